The summed E-state index contributed by atoms with van der Waals surface area (Å²) in [7, 11) is 0. The second kappa shape index (κ2) is 12.9. The standard InChI is InChI=1S/C16H32O2/c1-4-6-8-9-10-11-12-14-16(17)18-15(3)13-7-5-2/h15H,4-14H2,1-3H3. The Morgan fingerprint density at radius 1 is 0.889 bits per heavy atom. The van der Waals surface area contributed by atoms with E-state index in [2.05, 4.69) is 13.8 Å². The molecule has 108 valence electrons. The predicted molar refractivity (Wildman–Crippen MR) is 77.7 cm³/mol. The maximum absolute atomic E-state index is 11.5. The molecule has 0 N–H and O–H groups in total. The first-order chi connectivity index (χ1) is 8.70. The zero-order valence-electron chi connectivity index (χ0n) is 12.7. The normalized spacial score (nSPS) is 12.4. The summed E-state index contributed by atoms with van der Waals surface area (Å²) in [6.07, 6.45) is 12.7. The van der Waals surface area contributed by atoms with Gasteiger partial charge in [0.2, 0.25) is 0 Å². The first-order valence-electron chi connectivity index (χ1n) is 7.90. The van der Waals surface area contributed by atoms with Crippen molar-refractivity contribution in [2.24, 2.45) is 0 Å². The SMILES string of the molecule is CCCCCCCCCC(=O)OC(C)CCCC. The summed E-state index contributed by atoms with van der Waals surface area (Å²) in [5.41, 5.74) is 0. The van der Waals surface area contributed by atoms with Crippen LogP contribution in [-0.4, -0.2) is 12.1 Å². The van der Waals surface area contributed by atoms with Crippen LogP contribution in [0.3, 0.4) is 0 Å². The van der Waals surface area contributed by atoms with E-state index >= 15 is 0 Å². The first-order valence-corrected chi connectivity index (χ1v) is 7.90. The maximum Gasteiger partial charge on any atom is 0.306 e. The van der Waals surface area contributed by atoms with Crippen LogP contribution < -0.4 is 0 Å². The van der Waals surface area contributed by atoms with Crippen LogP contribution in [0.5, 0.6) is 0 Å². The van der Waals surface area contributed by atoms with Gasteiger partial charge in [0.05, 0.1) is 6.10 Å². The molecule has 1 unspecified atom stereocenters. The Kier molecular flexibility index (Phi) is 12.5. The summed E-state index contributed by atoms with van der Waals surface area (Å²) in [5, 5.41) is 0. The molecular weight excluding hydrogens is 224 g/mol. The lowest BCUT2D eigenvalue weighted by atomic mass is 10.1. The van der Waals surface area contributed by atoms with Crippen molar-refractivity contribution in [3.05, 3.63) is 0 Å². The minimum absolute atomic E-state index is 0.00726. The summed E-state index contributed by atoms with van der Waals surface area (Å²) in [4.78, 5) is 11.5. The van der Waals surface area contributed by atoms with E-state index in [1.807, 2.05) is 6.92 Å². The second-order valence-electron chi connectivity index (χ2n) is 5.31. The molecule has 0 fully saturated rings. The van der Waals surface area contributed by atoms with Gasteiger partial charge in [0.25, 0.3) is 0 Å². The maximum atomic E-state index is 11.5. The number of carbonyl (C=O) groups excluding carboxylic acids is 1. The number of hydrogen-bond acceptors (Lipinski definition) is 2. The smallest absolute Gasteiger partial charge is 0.306 e. The number of carbonyl (C=O) groups is 1. The van der Waals surface area contributed by atoms with Gasteiger partial charge in [-0.05, 0) is 19.8 Å². The Morgan fingerprint density at radius 3 is 2.06 bits per heavy atom. The van der Waals surface area contributed by atoms with Gasteiger partial charge in [-0.25, -0.2) is 0 Å². The molecule has 0 heterocycles. The Balaban J connectivity index is 3.31. The van der Waals surface area contributed by atoms with E-state index in [9.17, 15) is 4.79 Å². The monoisotopic (exact) mass is 256 g/mol. The first kappa shape index (κ1) is 17.5. The number of rotatable bonds is 12. The van der Waals surface area contributed by atoms with Gasteiger partial charge in [0.1, 0.15) is 0 Å². The number of esters is 1. The van der Waals surface area contributed by atoms with E-state index < -0.39 is 0 Å². The van der Waals surface area contributed by atoms with Gasteiger partial charge in [-0.3, -0.25) is 4.79 Å². The Bertz CT molecular complexity index is 190. The number of hydrogen-bond donors (Lipinski definition) is 0. The van der Waals surface area contributed by atoms with Gasteiger partial charge in [0, 0.05) is 6.42 Å². The van der Waals surface area contributed by atoms with Gasteiger partial charge in [-0.2, -0.15) is 0 Å². The van der Waals surface area contributed by atoms with Crippen LogP contribution in [0.1, 0.15) is 91.4 Å². The van der Waals surface area contributed by atoms with Gasteiger partial charge in [-0.15, -0.1) is 0 Å². The zero-order chi connectivity index (χ0) is 13.6. The van der Waals surface area contributed by atoms with E-state index in [0.29, 0.717) is 6.42 Å². The summed E-state index contributed by atoms with van der Waals surface area (Å²) in [6, 6.07) is 0. The van der Waals surface area contributed by atoms with E-state index in [1.165, 1.54) is 44.9 Å². The van der Waals surface area contributed by atoms with Gasteiger partial charge >= 0.3 is 5.97 Å². The molecule has 0 aliphatic carbocycles. The van der Waals surface area contributed by atoms with E-state index in [1.54, 1.807) is 0 Å². The van der Waals surface area contributed by atoms with Crippen molar-refractivity contribution in [1.82, 2.24) is 0 Å². The zero-order valence-corrected chi connectivity index (χ0v) is 12.7. The summed E-state index contributed by atoms with van der Waals surface area (Å²) in [5.74, 6) is -0.00726. The molecule has 0 rings (SSSR count). The van der Waals surface area contributed by atoms with Gasteiger partial charge in [0.15, 0.2) is 0 Å². The average Bonchev–Trinajstić information content (AvgIpc) is 2.35. The lowest BCUT2D eigenvalue weighted by Crippen LogP contribution is -2.14. The molecular formula is C16H32O2. The molecule has 18 heavy (non-hydrogen) atoms. The molecule has 2 nitrogen and oxygen atoms in total. The van der Waals surface area contributed by atoms with E-state index in [0.717, 1.165) is 19.3 Å². The Hall–Kier alpha value is -0.530. The van der Waals surface area contributed by atoms with Crippen LogP contribution in [-0.2, 0) is 9.53 Å². The highest BCUT2D eigenvalue weighted by Crippen LogP contribution is 2.10. The number of ether oxygens (including phenoxy) is 1. The van der Waals surface area contributed by atoms with Crippen molar-refractivity contribution in [2.45, 2.75) is 97.5 Å². The van der Waals surface area contributed by atoms with E-state index in [-0.39, 0.29) is 12.1 Å². The van der Waals surface area contributed by atoms with Crippen LogP contribution >= 0.6 is 0 Å². The van der Waals surface area contributed by atoms with Crippen molar-refractivity contribution in [3.63, 3.8) is 0 Å². The fourth-order valence-corrected chi connectivity index (χ4v) is 2.06. The van der Waals surface area contributed by atoms with Gasteiger partial charge < -0.3 is 4.74 Å². The van der Waals surface area contributed by atoms with Crippen LogP contribution in [0.2, 0.25) is 0 Å². The largest absolute Gasteiger partial charge is 0.463 e. The molecule has 0 amide bonds. The number of unbranched alkanes of at least 4 members (excludes halogenated alkanes) is 7. The molecule has 0 bridgehead atoms. The van der Waals surface area contributed by atoms with Crippen molar-refractivity contribution >= 4 is 5.97 Å². The van der Waals surface area contributed by atoms with Crippen molar-refractivity contribution < 1.29 is 9.53 Å². The molecule has 0 saturated carbocycles. The molecule has 0 saturated heterocycles. The fourth-order valence-electron chi connectivity index (χ4n) is 2.06. The van der Waals surface area contributed by atoms with Gasteiger partial charge in [-0.1, -0.05) is 65.2 Å². The summed E-state index contributed by atoms with van der Waals surface area (Å²) in [6.45, 7) is 6.39. The molecule has 2 heteroatoms. The molecule has 0 aromatic rings. The molecule has 0 radical (unpaired) electrons. The molecule has 0 spiro atoms. The molecule has 1 atom stereocenters. The summed E-state index contributed by atoms with van der Waals surface area (Å²) < 4.78 is 5.36. The molecule has 0 aromatic heterocycles. The topological polar surface area (TPSA) is 26.3 Å². The molecule has 0 aliphatic rings. The second-order valence-corrected chi connectivity index (χ2v) is 5.31. The quantitative estimate of drug-likeness (QED) is 0.352. The van der Waals surface area contributed by atoms with Crippen LogP contribution in [0.15, 0.2) is 0 Å². The fraction of sp³-hybridized carbons (Fsp3) is 0.938. The van der Waals surface area contributed by atoms with Crippen molar-refractivity contribution in [2.75, 3.05) is 0 Å². The predicted octanol–water partition coefficient (Wildman–Crippen LogP) is 5.25. The van der Waals surface area contributed by atoms with Crippen molar-refractivity contribution in [1.29, 1.82) is 0 Å². The highest BCUT2D eigenvalue weighted by Gasteiger charge is 2.08. The minimum Gasteiger partial charge on any atom is -0.463 e. The average molecular weight is 256 g/mol. The third-order valence-electron chi connectivity index (χ3n) is 3.28. The highest BCUT2D eigenvalue weighted by atomic mass is 16.5. The van der Waals surface area contributed by atoms with Crippen LogP contribution in [0.4, 0.5) is 0 Å². The van der Waals surface area contributed by atoms with Crippen LogP contribution in [0.25, 0.3) is 0 Å². The van der Waals surface area contributed by atoms with Crippen molar-refractivity contribution in [3.8, 4) is 0 Å². The summed E-state index contributed by atoms with van der Waals surface area (Å²) >= 11 is 0. The van der Waals surface area contributed by atoms with E-state index in [4.69, 9.17) is 4.74 Å². The Morgan fingerprint density at radius 2 is 1.44 bits per heavy atom. The Labute approximate surface area is 113 Å². The molecule has 0 aliphatic heterocycles. The third-order valence-corrected chi connectivity index (χ3v) is 3.28. The minimum atomic E-state index is -0.00726. The highest BCUT2D eigenvalue weighted by molar-refractivity contribution is 5.69. The lowest BCUT2D eigenvalue weighted by molar-refractivity contribution is -0.148. The third kappa shape index (κ3) is 11.9. The molecule has 0 aromatic carbocycles. The lowest BCUT2D eigenvalue weighted by Gasteiger charge is -2.12. The van der Waals surface area contributed by atoms with Crippen LogP contribution in [0, 0.1) is 0 Å².